The molecule has 0 spiro atoms. The Kier molecular flexibility index (Phi) is 5.83. The number of thioether (sulfide) groups is 1. The molecule has 1 heterocycles. The van der Waals surface area contributed by atoms with Crippen molar-refractivity contribution in [1.82, 2.24) is 4.57 Å². The summed E-state index contributed by atoms with van der Waals surface area (Å²) in [6.07, 6.45) is 0. The first-order chi connectivity index (χ1) is 11.3. The molecule has 0 fully saturated rings. The van der Waals surface area contributed by atoms with E-state index in [4.69, 9.17) is 0 Å². The summed E-state index contributed by atoms with van der Waals surface area (Å²) in [6.45, 7) is 5.41. The van der Waals surface area contributed by atoms with E-state index in [0.29, 0.717) is 11.3 Å². The van der Waals surface area contributed by atoms with Gasteiger partial charge in [-0.1, -0.05) is 6.07 Å². The number of esters is 1. The van der Waals surface area contributed by atoms with Gasteiger partial charge in [0.15, 0.2) is 5.78 Å². The summed E-state index contributed by atoms with van der Waals surface area (Å²) < 4.78 is 20.0. The summed E-state index contributed by atoms with van der Waals surface area (Å²) in [5.74, 6) is -0.552. The molecule has 1 aromatic carbocycles. The van der Waals surface area contributed by atoms with Gasteiger partial charge in [-0.15, -0.1) is 11.8 Å². The molecular weight excluding hydrogens is 329 g/mol. The molecule has 24 heavy (non-hydrogen) atoms. The summed E-state index contributed by atoms with van der Waals surface area (Å²) in [4.78, 5) is 23.9. The third kappa shape index (κ3) is 3.87. The van der Waals surface area contributed by atoms with Crippen molar-refractivity contribution in [3.05, 3.63) is 53.1 Å². The zero-order valence-electron chi connectivity index (χ0n) is 14.1. The van der Waals surface area contributed by atoms with Gasteiger partial charge in [0.2, 0.25) is 0 Å². The number of nitrogens with zero attached hydrogens (tertiary/aromatic N) is 1. The van der Waals surface area contributed by atoms with Gasteiger partial charge >= 0.3 is 5.97 Å². The largest absolute Gasteiger partial charge is 0.468 e. The summed E-state index contributed by atoms with van der Waals surface area (Å²) in [5, 5.41) is -0.398. The number of benzene rings is 1. The van der Waals surface area contributed by atoms with E-state index in [0.717, 1.165) is 11.4 Å². The van der Waals surface area contributed by atoms with Crippen molar-refractivity contribution in [3.8, 4) is 5.69 Å². The average Bonchev–Trinajstić information content (AvgIpc) is 2.86. The monoisotopic (exact) mass is 349 g/mol. The lowest BCUT2D eigenvalue weighted by molar-refractivity contribution is -0.139. The van der Waals surface area contributed by atoms with Gasteiger partial charge in [0, 0.05) is 22.6 Å². The molecule has 1 atom stereocenters. The first-order valence-electron chi connectivity index (χ1n) is 7.52. The number of methoxy groups -OCH3 is 1. The third-order valence-electron chi connectivity index (χ3n) is 3.80. The number of hydrogen-bond acceptors (Lipinski definition) is 4. The maximum absolute atomic E-state index is 13.5. The molecule has 0 bridgehead atoms. The van der Waals surface area contributed by atoms with Gasteiger partial charge in [0.05, 0.1) is 12.9 Å². The van der Waals surface area contributed by atoms with E-state index in [2.05, 4.69) is 4.74 Å². The van der Waals surface area contributed by atoms with Crippen LogP contribution >= 0.6 is 11.8 Å². The van der Waals surface area contributed by atoms with Gasteiger partial charge in [-0.25, -0.2) is 4.39 Å². The highest BCUT2D eigenvalue weighted by atomic mass is 32.2. The Morgan fingerprint density at radius 1 is 1.29 bits per heavy atom. The van der Waals surface area contributed by atoms with Crippen LogP contribution < -0.4 is 0 Å². The van der Waals surface area contributed by atoms with Crippen molar-refractivity contribution >= 4 is 23.5 Å². The molecule has 0 aliphatic carbocycles. The first-order valence-corrected chi connectivity index (χ1v) is 8.57. The minimum absolute atomic E-state index is 0.0634. The lowest BCUT2D eigenvalue weighted by Gasteiger charge is -2.10. The Labute approximate surface area is 145 Å². The van der Waals surface area contributed by atoms with Gasteiger partial charge in [0.1, 0.15) is 11.1 Å². The molecule has 2 rings (SSSR count). The van der Waals surface area contributed by atoms with Gasteiger partial charge in [-0.2, -0.15) is 0 Å². The van der Waals surface area contributed by atoms with Crippen LogP contribution in [0.3, 0.4) is 0 Å². The van der Waals surface area contributed by atoms with Gasteiger partial charge in [-0.05, 0) is 45.0 Å². The zero-order chi connectivity index (χ0) is 17.9. The van der Waals surface area contributed by atoms with E-state index < -0.39 is 5.25 Å². The van der Waals surface area contributed by atoms with Crippen LogP contribution in [0.1, 0.15) is 28.7 Å². The number of carbonyl (C=O) groups excluding carboxylic acids is 2. The first kappa shape index (κ1) is 18.3. The quantitative estimate of drug-likeness (QED) is 0.589. The standard InChI is InChI=1S/C18H20FNO3S/c1-11-8-16(17(21)10-24-13(3)18(22)23-4)12(2)20(11)15-7-5-6-14(19)9-15/h5-9,13H,10H2,1-4H3. The Balaban J connectivity index is 2.22. The van der Waals surface area contributed by atoms with E-state index in [1.807, 2.05) is 18.4 Å². The SMILES string of the molecule is COC(=O)C(C)SCC(=O)c1cc(C)n(-c2cccc(F)c2)c1C. The van der Waals surface area contributed by atoms with Crippen LogP contribution in [-0.4, -0.2) is 34.4 Å². The highest BCUT2D eigenvalue weighted by Crippen LogP contribution is 2.23. The Morgan fingerprint density at radius 2 is 2.00 bits per heavy atom. The van der Waals surface area contributed by atoms with Crippen molar-refractivity contribution in [2.75, 3.05) is 12.9 Å². The zero-order valence-corrected chi connectivity index (χ0v) is 14.9. The van der Waals surface area contributed by atoms with E-state index in [9.17, 15) is 14.0 Å². The lowest BCUT2D eigenvalue weighted by atomic mass is 10.2. The van der Waals surface area contributed by atoms with Crippen LogP contribution in [0.25, 0.3) is 5.69 Å². The molecule has 1 unspecified atom stereocenters. The summed E-state index contributed by atoms with van der Waals surface area (Å²) >= 11 is 1.24. The topological polar surface area (TPSA) is 48.3 Å². The molecule has 0 N–H and O–H groups in total. The second-order valence-electron chi connectivity index (χ2n) is 5.50. The smallest absolute Gasteiger partial charge is 0.318 e. The Morgan fingerprint density at radius 3 is 2.62 bits per heavy atom. The van der Waals surface area contributed by atoms with E-state index in [1.165, 1.54) is 31.0 Å². The number of halogens is 1. The fraction of sp³-hybridized carbons (Fsp3) is 0.333. The minimum atomic E-state index is -0.398. The van der Waals surface area contributed by atoms with Crippen molar-refractivity contribution in [1.29, 1.82) is 0 Å². The van der Waals surface area contributed by atoms with Crippen molar-refractivity contribution in [3.63, 3.8) is 0 Å². The Bertz CT molecular complexity index is 770. The maximum atomic E-state index is 13.5. The van der Waals surface area contributed by atoms with Crippen molar-refractivity contribution in [2.24, 2.45) is 0 Å². The average molecular weight is 349 g/mol. The number of rotatable bonds is 6. The highest BCUT2D eigenvalue weighted by molar-refractivity contribution is 8.01. The highest BCUT2D eigenvalue weighted by Gasteiger charge is 2.20. The number of aryl methyl sites for hydroxylation is 1. The molecule has 6 heteroatoms. The summed E-state index contributed by atoms with van der Waals surface area (Å²) in [7, 11) is 1.33. The molecule has 1 aromatic heterocycles. The van der Waals surface area contributed by atoms with Crippen LogP contribution in [-0.2, 0) is 9.53 Å². The predicted octanol–water partition coefficient (Wildman–Crippen LogP) is 3.71. The van der Waals surface area contributed by atoms with Crippen LogP contribution in [0, 0.1) is 19.7 Å². The number of Topliss-reactive ketones (excluding diaryl/α,β-unsaturated/α-hetero) is 1. The van der Waals surface area contributed by atoms with Crippen LogP contribution in [0.2, 0.25) is 0 Å². The number of carbonyl (C=O) groups is 2. The van der Waals surface area contributed by atoms with Crippen LogP contribution in [0.4, 0.5) is 4.39 Å². The van der Waals surface area contributed by atoms with E-state index in [1.54, 1.807) is 25.1 Å². The fourth-order valence-electron chi connectivity index (χ4n) is 2.57. The van der Waals surface area contributed by atoms with Crippen LogP contribution in [0.5, 0.6) is 0 Å². The second kappa shape index (κ2) is 7.66. The fourth-order valence-corrected chi connectivity index (χ4v) is 3.36. The van der Waals surface area contributed by atoms with Gasteiger partial charge in [0.25, 0.3) is 0 Å². The molecule has 2 aromatic rings. The van der Waals surface area contributed by atoms with E-state index in [-0.39, 0.29) is 23.3 Å². The Hall–Kier alpha value is -2.08. The summed E-state index contributed by atoms with van der Waals surface area (Å²) in [5.41, 5.74) is 2.88. The van der Waals surface area contributed by atoms with Crippen molar-refractivity contribution in [2.45, 2.75) is 26.0 Å². The molecule has 0 aliphatic heterocycles. The molecule has 0 amide bonds. The number of aromatic nitrogens is 1. The summed E-state index contributed by atoms with van der Waals surface area (Å²) in [6, 6.07) is 8.05. The lowest BCUT2D eigenvalue weighted by Crippen LogP contribution is -2.17. The maximum Gasteiger partial charge on any atom is 0.318 e. The third-order valence-corrected chi connectivity index (χ3v) is 4.92. The number of hydrogen-bond donors (Lipinski definition) is 0. The second-order valence-corrected chi connectivity index (χ2v) is 6.83. The number of ketones is 1. The molecule has 128 valence electrons. The normalized spacial score (nSPS) is 12.0. The molecule has 0 radical (unpaired) electrons. The molecule has 0 saturated heterocycles. The minimum Gasteiger partial charge on any atom is -0.468 e. The number of ether oxygens (including phenoxy) is 1. The van der Waals surface area contributed by atoms with Crippen molar-refractivity contribution < 1.29 is 18.7 Å². The molecular formula is C18H20FNO3S. The van der Waals surface area contributed by atoms with Gasteiger partial charge in [-0.3, -0.25) is 9.59 Å². The van der Waals surface area contributed by atoms with Gasteiger partial charge < -0.3 is 9.30 Å². The molecule has 0 aliphatic rings. The van der Waals surface area contributed by atoms with E-state index >= 15 is 0 Å². The predicted molar refractivity (Wildman–Crippen MR) is 93.5 cm³/mol. The van der Waals surface area contributed by atoms with Crippen LogP contribution in [0.15, 0.2) is 30.3 Å². The molecule has 4 nitrogen and oxygen atoms in total. The molecule has 0 saturated carbocycles.